The predicted molar refractivity (Wildman–Crippen MR) is 325 cm³/mol. The van der Waals surface area contributed by atoms with Gasteiger partial charge in [-0.05, 0) is 152 Å². The molecule has 0 saturated carbocycles. The first-order valence-corrected chi connectivity index (χ1v) is 26.5. The number of nitrogens with zero attached hydrogens (tertiary/aromatic N) is 3. The van der Waals surface area contributed by atoms with Crippen molar-refractivity contribution in [1.29, 1.82) is 0 Å². The molecule has 0 aliphatic carbocycles. The van der Waals surface area contributed by atoms with Crippen molar-refractivity contribution in [3.05, 3.63) is 283 Å². The van der Waals surface area contributed by atoms with Crippen LogP contribution in [-0.2, 0) is 20.1 Å². The molecule has 79 heavy (non-hydrogen) atoms. The number of benzene rings is 10. The van der Waals surface area contributed by atoms with E-state index in [1.54, 1.807) is 0 Å². The van der Waals surface area contributed by atoms with Crippen LogP contribution in [0.5, 0.6) is 0 Å². The summed E-state index contributed by atoms with van der Waals surface area (Å²) in [5, 5.41) is 4.99. The van der Waals surface area contributed by atoms with Crippen molar-refractivity contribution in [3.8, 4) is 112 Å². The van der Waals surface area contributed by atoms with Crippen LogP contribution >= 0.6 is 0 Å². The van der Waals surface area contributed by atoms with Gasteiger partial charge in [0, 0.05) is 18.6 Å². The van der Waals surface area contributed by atoms with Crippen LogP contribution in [-0.4, -0.2) is 15.0 Å². The number of fused-ring (bicyclic) bond motifs is 3. The van der Waals surface area contributed by atoms with E-state index in [-0.39, 0.29) is 20.1 Å². The van der Waals surface area contributed by atoms with Gasteiger partial charge in [-0.1, -0.05) is 184 Å². The van der Waals surface area contributed by atoms with Crippen LogP contribution in [0.4, 0.5) is 0 Å². The van der Waals surface area contributed by atoms with Gasteiger partial charge in [0.2, 0.25) is 0 Å². The van der Waals surface area contributed by atoms with E-state index >= 15 is 0 Å². The number of pyridine rings is 3. The molecule has 0 amide bonds. The van der Waals surface area contributed by atoms with Crippen molar-refractivity contribution in [3.63, 3.8) is 0 Å². The maximum atomic E-state index is 4.85. The molecule has 0 aliphatic heterocycles. The zero-order chi connectivity index (χ0) is 52.7. The maximum Gasteiger partial charge on any atom is 3.00 e. The summed E-state index contributed by atoms with van der Waals surface area (Å²) in [5.41, 5.74) is 26.0. The fraction of sp³-hybridized carbons (Fsp3) is 0.0533. The Labute approximate surface area is 476 Å². The zero-order valence-corrected chi connectivity index (χ0v) is 46.7. The van der Waals surface area contributed by atoms with E-state index in [2.05, 4.69) is 270 Å². The van der Waals surface area contributed by atoms with Gasteiger partial charge in [-0.25, -0.2) is 0 Å². The minimum Gasteiger partial charge on any atom is -0.305 e. The van der Waals surface area contributed by atoms with Gasteiger partial charge in [-0.2, -0.15) is 0 Å². The number of rotatable bonds is 10. The van der Waals surface area contributed by atoms with Gasteiger partial charge in [0.15, 0.2) is 0 Å². The Morgan fingerprint density at radius 2 is 0.658 bits per heavy atom. The first-order valence-electron chi connectivity index (χ1n) is 26.5. The largest absolute Gasteiger partial charge is 3.00 e. The molecular weight excluding hydrogens is 1140 g/mol. The molecule has 0 unspecified atom stereocenters. The molecule has 0 N–H and O–H groups in total. The molecule has 0 aliphatic rings. The Hall–Kier alpha value is -9.18. The van der Waals surface area contributed by atoms with Crippen LogP contribution in [0.3, 0.4) is 0 Å². The van der Waals surface area contributed by atoms with Crippen molar-refractivity contribution in [1.82, 2.24) is 15.0 Å². The molecular formula is C75H52IrN3. The minimum atomic E-state index is 0. The SMILES string of the molecule is Cc1cnc(-c2[c-]cc(-c3ccccc3-c3cc(-c4ccccc4-c4c[c-]c(-c5cc(-c6ccc7c(ccc8ccccc87)c6)ccn5)cc4)cc(-c4ccccc4-c4c[c-]c(-c5cc(C)c(C)cn5)cc4)c3)cc2)cc1C.[Ir+3]. The molecule has 3 heterocycles. The van der Waals surface area contributed by atoms with Crippen LogP contribution in [0.1, 0.15) is 22.3 Å². The second-order valence-corrected chi connectivity index (χ2v) is 20.4. The molecule has 13 aromatic rings. The minimum absolute atomic E-state index is 0. The van der Waals surface area contributed by atoms with Gasteiger partial charge in [-0.15, -0.1) is 89.5 Å². The molecule has 0 bridgehead atoms. The molecule has 10 aromatic carbocycles. The van der Waals surface area contributed by atoms with E-state index in [0.717, 1.165) is 112 Å². The summed E-state index contributed by atoms with van der Waals surface area (Å²) >= 11 is 0. The second kappa shape index (κ2) is 21.7. The third-order valence-corrected chi connectivity index (χ3v) is 15.4. The summed E-state index contributed by atoms with van der Waals surface area (Å²) in [7, 11) is 0. The molecule has 0 fully saturated rings. The normalized spacial score (nSPS) is 11.2. The predicted octanol–water partition coefficient (Wildman–Crippen LogP) is 19.5. The van der Waals surface area contributed by atoms with E-state index in [4.69, 9.17) is 15.0 Å². The summed E-state index contributed by atoms with van der Waals surface area (Å²) in [4.78, 5) is 14.3. The van der Waals surface area contributed by atoms with Crippen molar-refractivity contribution < 1.29 is 20.1 Å². The molecule has 3 aromatic heterocycles. The fourth-order valence-corrected chi connectivity index (χ4v) is 10.8. The number of aromatic nitrogens is 3. The van der Waals surface area contributed by atoms with E-state index < -0.39 is 0 Å². The van der Waals surface area contributed by atoms with E-state index in [9.17, 15) is 0 Å². The van der Waals surface area contributed by atoms with E-state index in [1.165, 1.54) is 43.8 Å². The standard InChI is InChI=1S/C75H52N3.Ir/c1-48-39-73(77-46-50(48)3)56-28-21-53(22-29-56)66-15-7-10-18-69(66)62-42-63(70-19-11-8-16-67(70)54-23-30-57(31-24-54)74-40-49(2)51(4)47-78-74)44-64(43-62)71-20-12-9-17-68(71)55-25-32-58(33-26-55)75-45-60(37-38-76-75)59-35-36-72-61(41-59)34-27-52-13-5-6-14-65(52)72;/h5-28,30,32,34-47H,1-4H3;/q-3;+3. The van der Waals surface area contributed by atoms with Crippen molar-refractivity contribution >= 4 is 21.5 Å². The monoisotopic (exact) mass is 1190 g/mol. The molecule has 0 saturated heterocycles. The van der Waals surface area contributed by atoms with Gasteiger partial charge in [0.05, 0.1) is 0 Å². The van der Waals surface area contributed by atoms with Gasteiger partial charge in [0.25, 0.3) is 0 Å². The van der Waals surface area contributed by atoms with Crippen LogP contribution in [0.15, 0.2) is 243 Å². The maximum absolute atomic E-state index is 4.85. The van der Waals surface area contributed by atoms with Crippen LogP contribution in [0, 0.1) is 45.9 Å². The van der Waals surface area contributed by atoms with Crippen LogP contribution < -0.4 is 0 Å². The number of hydrogen-bond acceptors (Lipinski definition) is 3. The Morgan fingerprint density at radius 1 is 0.278 bits per heavy atom. The van der Waals surface area contributed by atoms with Crippen molar-refractivity contribution in [2.45, 2.75) is 27.7 Å². The Kier molecular flexibility index (Phi) is 13.9. The first kappa shape index (κ1) is 50.6. The average molecular weight is 1190 g/mol. The third-order valence-electron chi connectivity index (χ3n) is 15.4. The molecule has 0 radical (unpaired) electrons. The zero-order valence-electron chi connectivity index (χ0n) is 44.3. The van der Waals surface area contributed by atoms with Gasteiger partial charge in [-0.3, -0.25) is 0 Å². The van der Waals surface area contributed by atoms with E-state index in [0.29, 0.717) is 0 Å². The number of hydrogen-bond donors (Lipinski definition) is 0. The molecule has 4 heteroatoms. The second-order valence-electron chi connectivity index (χ2n) is 20.4. The summed E-state index contributed by atoms with van der Waals surface area (Å²) in [6.07, 6.45) is 5.79. The summed E-state index contributed by atoms with van der Waals surface area (Å²) in [6.45, 7) is 8.45. The Bertz CT molecular complexity index is 4250. The topological polar surface area (TPSA) is 38.7 Å². The van der Waals surface area contributed by atoms with Gasteiger partial charge in [0.1, 0.15) is 0 Å². The summed E-state index contributed by atoms with van der Waals surface area (Å²) < 4.78 is 0. The average Bonchev–Trinajstić information content (AvgIpc) is 3.54. The third kappa shape index (κ3) is 10.1. The molecule has 0 atom stereocenters. The van der Waals surface area contributed by atoms with Crippen LogP contribution in [0.25, 0.3) is 133 Å². The molecule has 0 spiro atoms. The van der Waals surface area contributed by atoms with Crippen molar-refractivity contribution in [2.24, 2.45) is 0 Å². The molecule has 13 rings (SSSR count). The fourth-order valence-electron chi connectivity index (χ4n) is 10.8. The Morgan fingerprint density at radius 3 is 1.10 bits per heavy atom. The summed E-state index contributed by atoms with van der Waals surface area (Å²) in [5.74, 6) is 0. The Balaban J connectivity index is 0.00000623. The van der Waals surface area contributed by atoms with Crippen molar-refractivity contribution in [2.75, 3.05) is 0 Å². The van der Waals surface area contributed by atoms with Gasteiger partial charge >= 0.3 is 20.1 Å². The first-order chi connectivity index (χ1) is 38.3. The quantitative estimate of drug-likeness (QED) is 0.101. The molecule has 3 nitrogen and oxygen atoms in total. The van der Waals surface area contributed by atoms with Gasteiger partial charge < -0.3 is 15.0 Å². The smallest absolute Gasteiger partial charge is 0.305 e. The van der Waals surface area contributed by atoms with Crippen LogP contribution in [0.2, 0.25) is 0 Å². The number of aryl methyl sites for hydroxylation is 4. The molecule has 376 valence electrons. The summed E-state index contributed by atoms with van der Waals surface area (Å²) in [6, 6.07) is 91.6. The van der Waals surface area contributed by atoms with E-state index in [1.807, 2.05) is 18.6 Å².